The van der Waals surface area contributed by atoms with Crippen LogP contribution in [0.4, 0.5) is 28.7 Å². The molecule has 14 heteroatoms. The Balaban J connectivity index is 1.05. The Hall–Kier alpha value is -3.65. The van der Waals surface area contributed by atoms with E-state index in [4.69, 9.17) is 37.5 Å². The maximum Gasteiger partial charge on any atom is 0.247 e. The minimum absolute atomic E-state index is 0.167. The van der Waals surface area contributed by atoms with Gasteiger partial charge in [-0.2, -0.15) is 0 Å². The third-order valence-corrected chi connectivity index (χ3v) is 11.4. The summed E-state index contributed by atoms with van der Waals surface area (Å²) in [6.07, 6.45) is 7.88. The van der Waals surface area contributed by atoms with Crippen LogP contribution in [0.15, 0.2) is 55.4 Å². The Labute approximate surface area is 309 Å². The van der Waals surface area contributed by atoms with Crippen molar-refractivity contribution in [2.45, 2.75) is 50.2 Å². The maximum atomic E-state index is 12.6. The molecule has 4 aliphatic heterocycles. The van der Waals surface area contributed by atoms with Crippen LogP contribution in [0, 0.1) is 0 Å². The first-order chi connectivity index (χ1) is 24.9. The molecule has 12 nitrogen and oxygen atoms in total. The molecule has 0 radical (unpaired) electrons. The smallest absolute Gasteiger partial charge is 0.247 e. The molecule has 3 aromatic rings. The Bertz CT molecular complexity index is 1690. The lowest BCUT2D eigenvalue weighted by atomic mass is 10.00. The number of hydrogen-bond acceptors (Lipinski definition) is 11. The molecule has 4 aliphatic rings. The average molecular weight is 738 g/mol. The number of aromatic nitrogens is 2. The van der Waals surface area contributed by atoms with Crippen molar-refractivity contribution in [3.63, 3.8) is 0 Å². The lowest BCUT2D eigenvalue weighted by Crippen LogP contribution is -2.55. The Morgan fingerprint density at radius 1 is 0.922 bits per heavy atom. The highest BCUT2D eigenvalue weighted by molar-refractivity contribution is 6.42. The van der Waals surface area contributed by atoms with Crippen molar-refractivity contribution in [1.82, 2.24) is 19.8 Å². The van der Waals surface area contributed by atoms with Gasteiger partial charge in [-0.25, -0.2) is 15.0 Å². The Kier molecular flexibility index (Phi) is 11.5. The van der Waals surface area contributed by atoms with Crippen molar-refractivity contribution in [1.29, 1.82) is 0 Å². The van der Waals surface area contributed by atoms with Crippen LogP contribution in [0.25, 0.3) is 0 Å². The van der Waals surface area contributed by atoms with Crippen molar-refractivity contribution in [3.05, 3.63) is 71.0 Å². The van der Waals surface area contributed by atoms with E-state index in [0.29, 0.717) is 57.5 Å². The number of nitrogens with zero attached hydrogens (tertiary/aromatic N) is 6. The van der Waals surface area contributed by atoms with Crippen LogP contribution in [0.1, 0.15) is 43.7 Å². The topological polar surface area (TPSA) is 108 Å². The van der Waals surface area contributed by atoms with E-state index in [1.165, 1.54) is 12.4 Å². The van der Waals surface area contributed by atoms with E-state index < -0.39 is 0 Å². The molecule has 2 aromatic carbocycles. The summed E-state index contributed by atoms with van der Waals surface area (Å²) in [6.45, 7) is 12.2. The van der Waals surface area contributed by atoms with Gasteiger partial charge < -0.3 is 25.0 Å². The number of piperazine rings is 1. The van der Waals surface area contributed by atoms with Crippen LogP contribution < -0.4 is 25.3 Å². The van der Waals surface area contributed by atoms with E-state index in [1.54, 1.807) is 24.3 Å². The van der Waals surface area contributed by atoms with Gasteiger partial charge in [-0.3, -0.25) is 19.4 Å². The third-order valence-electron chi connectivity index (χ3n) is 10.5. The maximum absolute atomic E-state index is 12.6. The molecule has 4 saturated heterocycles. The summed E-state index contributed by atoms with van der Waals surface area (Å²) >= 11 is 12.9. The van der Waals surface area contributed by atoms with Crippen LogP contribution in [0.3, 0.4) is 0 Å². The second kappa shape index (κ2) is 16.4. The molecule has 7 rings (SSSR count). The quantitative estimate of drug-likeness (QED) is 0.229. The number of anilines is 5. The number of benzene rings is 2. The van der Waals surface area contributed by atoms with Gasteiger partial charge in [0, 0.05) is 83.1 Å². The number of piperidine rings is 1. The molecule has 0 saturated carbocycles. The first-order valence-electron chi connectivity index (χ1n) is 17.8. The number of halogens is 2. The molecule has 5 heterocycles. The van der Waals surface area contributed by atoms with Crippen molar-refractivity contribution >= 4 is 57.8 Å². The molecule has 1 atom stereocenters. The minimum Gasteiger partial charge on any atom is -0.494 e. The highest BCUT2D eigenvalue weighted by Gasteiger charge is 2.33. The predicted molar refractivity (Wildman–Crippen MR) is 202 cm³/mol. The van der Waals surface area contributed by atoms with Crippen LogP contribution >= 0.6 is 23.2 Å². The van der Waals surface area contributed by atoms with Crippen LogP contribution in [-0.4, -0.2) is 104 Å². The number of hydrogen-bond donors (Lipinski definition) is 2. The summed E-state index contributed by atoms with van der Waals surface area (Å²) < 4.78 is 11.5. The van der Waals surface area contributed by atoms with Gasteiger partial charge >= 0.3 is 0 Å². The molecular weight excluding hydrogens is 691 g/mol. The summed E-state index contributed by atoms with van der Waals surface area (Å²) in [4.78, 5) is 35.3. The Morgan fingerprint density at radius 2 is 1.65 bits per heavy atom. The summed E-state index contributed by atoms with van der Waals surface area (Å²) in [5.74, 6) is 1.42. The normalized spacial score (nSPS) is 21.1. The fraction of sp³-hybridized carbons (Fsp3) is 0.486. The van der Waals surface area contributed by atoms with Crippen LogP contribution in [0.2, 0.25) is 10.0 Å². The molecule has 1 unspecified atom stereocenters. The standard InChI is InChI=1S/C37H46Cl2N8O4/c1-3-36(48)43-29-21-30(42-34-23-35(41-24-40-34)47-31(11-20-51-47)27-5-4-6-28(38)37(27)39)33(49-2)22-32(29)46-12-7-25(8-13-46)44-14-16-45(17-15-44)26-9-18-50-19-10-26/h3-6,21-26,31H,1,7-20H2,2H3,(H,43,48)(H,40,41,42). The number of carbonyl (C=O) groups is 1. The second-order valence-electron chi connectivity index (χ2n) is 13.4. The first kappa shape index (κ1) is 35.7. The van der Waals surface area contributed by atoms with Crippen molar-refractivity contribution in [2.75, 3.05) is 86.8 Å². The first-order valence-corrected chi connectivity index (χ1v) is 18.6. The highest BCUT2D eigenvalue weighted by Crippen LogP contribution is 2.42. The average Bonchev–Trinajstić information content (AvgIpc) is 3.67. The largest absolute Gasteiger partial charge is 0.494 e. The summed E-state index contributed by atoms with van der Waals surface area (Å²) in [5.41, 5.74) is 3.08. The van der Waals surface area contributed by atoms with Gasteiger partial charge in [-0.1, -0.05) is 41.9 Å². The second-order valence-corrected chi connectivity index (χ2v) is 14.2. The van der Waals surface area contributed by atoms with Crippen LogP contribution in [-0.2, 0) is 14.4 Å². The SMILES string of the molecule is C=CC(=O)Nc1cc(Nc2cc(N3OCCC3c3cccc(Cl)c3Cl)ncn2)c(OC)cc1N1CCC(N2CCN(C3CCOCC3)CC2)CC1. The number of carbonyl (C=O) groups excluding carboxylic acids is 1. The molecule has 272 valence electrons. The van der Waals surface area contributed by atoms with Crippen molar-refractivity contribution in [3.8, 4) is 5.75 Å². The molecule has 0 bridgehead atoms. The van der Waals surface area contributed by atoms with E-state index in [9.17, 15) is 4.79 Å². The van der Waals surface area contributed by atoms with E-state index in [0.717, 1.165) is 95.8 Å². The lowest BCUT2D eigenvalue weighted by Gasteiger charge is -2.45. The van der Waals surface area contributed by atoms with E-state index >= 15 is 0 Å². The fourth-order valence-corrected chi connectivity index (χ4v) is 8.23. The number of rotatable bonds is 10. The zero-order valence-electron chi connectivity index (χ0n) is 29.0. The molecule has 1 aromatic heterocycles. The van der Waals surface area contributed by atoms with Gasteiger partial charge in [0.25, 0.3) is 0 Å². The van der Waals surface area contributed by atoms with Gasteiger partial charge in [0.1, 0.15) is 17.9 Å². The number of nitrogens with one attached hydrogen (secondary N) is 2. The fourth-order valence-electron chi connectivity index (χ4n) is 7.80. The van der Waals surface area contributed by atoms with Crippen molar-refractivity contribution < 1.29 is 19.1 Å². The lowest BCUT2D eigenvalue weighted by molar-refractivity contribution is -0.111. The monoisotopic (exact) mass is 736 g/mol. The van der Waals surface area contributed by atoms with Gasteiger partial charge in [-0.15, -0.1) is 0 Å². The predicted octanol–water partition coefficient (Wildman–Crippen LogP) is 6.31. The molecular formula is C37H46Cl2N8O4. The minimum atomic E-state index is -0.286. The molecule has 0 aliphatic carbocycles. The van der Waals surface area contributed by atoms with Gasteiger partial charge in [0.2, 0.25) is 5.91 Å². The zero-order chi connectivity index (χ0) is 35.3. The number of methoxy groups -OCH3 is 1. The summed E-state index contributed by atoms with van der Waals surface area (Å²) in [5, 5.41) is 9.15. The Morgan fingerprint density at radius 3 is 2.35 bits per heavy atom. The molecule has 2 N–H and O–H groups in total. The van der Waals surface area contributed by atoms with E-state index in [-0.39, 0.29) is 11.9 Å². The van der Waals surface area contributed by atoms with Gasteiger partial charge in [0.05, 0.1) is 46.9 Å². The molecule has 4 fully saturated rings. The summed E-state index contributed by atoms with van der Waals surface area (Å²) in [6, 6.07) is 12.3. The number of hydroxylamine groups is 1. The molecule has 51 heavy (non-hydrogen) atoms. The molecule has 1 amide bonds. The number of ether oxygens (including phenoxy) is 2. The van der Waals surface area contributed by atoms with Gasteiger partial charge in [0.15, 0.2) is 5.82 Å². The third kappa shape index (κ3) is 8.06. The van der Waals surface area contributed by atoms with Crippen molar-refractivity contribution in [2.24, 2.45) is 0 Å². The number of amides is 1. The van der Waals surface area contributed by atoms with E-state index in [1.807, 2.05) is 24.3 Å². The highest BCUT2D eigenvalue weighted by atomic mass is 35.5. The summed E-state index contributed by atoms with van der Waals surface area (Å²) in [7, 11) is 1.64. The van der Waals surface area contributed by atoms with E-state index in [2.05, 4.69) is 41.9 Å². The zero-order valence-corrected chi connectivity index (χ0v) is 30.5. The van der Waals surface area contributed by atoms with Gasteiger partial charge in [-0.05, 0) is 49.5 Å². The van der Waals surface area contributed by atoms with Crippen LogP contribution in [0.5, 0.6) is 5.75 Å². The molecule has 0 spiro atoms.